The average Bonchev–Trinajstić information content (AvgIpc) is 2.54. The van der Waals surface area contributed by atoms with Crippen molar-refractivity contribution < 1.29 is 19.3 Å². The highest BCUT2D eigenvalue weighted by molar-refractivity contribution is 5.42. The van der Waals surface area contributed by atoms with E-state index in [1.165, 1.54) is 0 Å². The van der Waals surface area contributed by atoms with Crippen molar-refractivity contribution in [3.8, 4) is 11.5 Å². The van der Waals surface area contributed by atoms with Crippen molar-refractivity contribution in [2.45, 2.75) is 39.8 Å². The first-order chi connectivity index (χ1) is 11.5. The van der Waals surface area contributed by atoms with Gasteiger partial charge in [-0.25, -0.2) is 0 Å². The largest absolute Gasteiger partial charge is 0.493 e. The number of benzene rings is 1. The Kier molecular flexibility index (Phi) is 9.76. The first-order valence-corrected chi connectivity index (χ1v) is 8.69. The fourth-order valence-electron chi connectivity index (χ4n) is 2.58. The summed E-state index contributed by atoms with van der Waals surface area (Å²) < 4.78 is 16.2. The van der Waals surface area contributed by atoms with Gasteiger partial charge in [0.1, 0.15) is 0 Å². The van der Waals surface area contributed by atoms with Gasteiger partial charge in [-0.1, -0.05) is 26.8 Å². The average molecular weight is 339 g/mol. The smallest absolute Gasteiger partial charge is 0.161 e. The van der Waals surface area contributed by atoms with Crippen molar-refractivity contribution in [2.24, 2.45) is 5.92 Å². The van der Waals surface area contributed by atoms with E-state index in [1.54, 1.807) is 14.2 Å². The summed E-state index contributed by atoms with van der Waals surface area (Å²) in [6, 6.07) is 5.94. The molecule has 0 saturated carbocycles. The highest BCUT2D eigenvalue weighted by Gasteiger charge is 2.13. The van der Waals surface area contributed by atoms with Gasteiger partial charge in [0.15, 0.2) is 11.5 Å². The summed E-state index contributed by atoms with van der Waals surface area (Å²) in [7, 11) is 3.27. The summed E-state index contributed by atoms with van der Waals surface area (Å²) >= 11 is 0. The number of ether oxygens (including phenoxy) is 3. The van der Waals surface area contributed by atoms with Crippen LogP contribution in [0.3, 0.4) is 0 Å². The van der Waals surface area contributed by atoms with Gasteiger partial charge < -0.3 is 19.3 Å². The van der Waals surface area contributed by atoms with E-state index in [4.69, 9.17) is 14.2 Å². The minimum absolute atomic E-state index is 0.379. The van der Waals surface area contributed by atoms with Crippen LogP contribution in [0.1, 0.15) is 32.8 Å². The van der Waals surface area contributed by atoms with Crippen LogP contribution in [-0.2, 0) is 11.3 Å². The molecule has 0 aliphatic carbocycles. The molecule has 0 unspecified atom stereocenters. The van der Waals surface area contributed by atoms with Crippen LogP contribution in [0.5, 0.6) is 11.5 Å². The molecule has 1 aromatic carbocycles. The molecule has 5 nitrogen and oxygen atoms in total. The van der Waals surface area contributed by atoms with Gasteiger partial charge in [0, 0.05) is 19.7 Å². The molecule has 0 fully saturated rings. The van der Waals surface area contributed by atoms with Crippen LogP contribution in [0.25, 0.3) is 0 Å². The van der Waals surface area contributed by atoms with Crippen LogP contribution >= 0.6 is 0 Å². The maximum absolute atomic E-state index is 10.2. The van der Waals surface area contributed by atoms with Crippen molar-refractivity contribution >= 4 is 0 Å². The first-order valence-electron chi connectivity index (χ1n) is 8.69. The SMILES string of the molecule is CCCN(Cc1ccc(OC)c(OC)c1)C[C@H](O)COCC(C)C. The van der Waals surface area contributed by atoms with Gasteiger partial charge in [-0.2, -0.15) is 0 Å². The van der Waals surface area contributed by atoms with Gasteiger partial charge in [0.05, 0.1) is 26.9 Å². The van der Waals surface area contributed by atoms with E-state index in [0.717, 1.165) is 36.6 Å². The topological polar surface area (TPSA) is 51.2 Å². The van der Waals surface area contributed by atoms with Crippen molar-refractivity contribution in [3.05, 3.63) is 23.8 Å². The number of hydrogen-bond donors (Lipinski definition) is 1. The van der Waals surface area contributed by atoms with Gasteiger partial charge in [-0.05, 0) is 36.6 Å². The van der Waals surface area contributed by atoms with E-state index < -0.39 is 6.10 Å². The summed E-state index contributed by atoms with van der Waals surface area (Å²) in [5.41, 5.74) is 1.14. The Labute approximate surface area is 146 Å². The van der Waals surface area contributed by atoms with E-state index >= 15 is 0 Å². The van der Waals surface area contributed by atoms with E-state index in [0.29, 0.717) is 25.7 Å². The van der Waals surface area contributed by atoms with Gasteiger partial charge in [-0.3, -0.25) is 4.90 Å². The van der Waals surface area contributed by atoms with Gasteiger partial charge in [0.25, 0.3) is 0 Å². The fourth-order valence-corrected chi connectivity index (χ4v) is 2.58. The fraction of sp³-hybridized carbons (Fsp3) is 0.684. The van der Waals surface area contributed by atoms with Crippen molar-refractivity contribution in [1.29, 1.82) is 0 Å². The molecule has 0 aliphatic rings. The lowest BCUT2D eigenvalue weighted by Crippen LogP contribution is -2.35. The van der Waals surface area contributed by atoms with Crippen LogP contribution in [0, 0.1) is 5.92 Å². The Morgan fingerprint density at radius 3 is 2.38 bits per heavy atom. The molecule has 0 saturated heterocycles. The minimum Gasteiger partial charge on any atom is -0.493 e. The van der Waals surface area contributed by atoms with E-state index in [2.05, 4.69) is 25.7 Å². The Morgan fingerprint density at radius 2 is 1.79 bits per heavy atom. The Balaban J connectivity index is 2.61. The molecule has 0 spiro atoms. The second kappa shape index (κ2) is 11.3. The van der Waals surface area contributed by atoms with Crippen molar-refractivity contribution in [2.75, 3.05) is 40.5 Å². The summed E-state index contributed by atoms with van der Waals surface area (Å²) in [4.78, 5) is 2.24. The zero-order valence-electron chi connectivity index (χ0n) is 15.7. The van der Waals surface area contributed by atoms with Crippen molar-refractivity contribution in [3.63, 3.8) is 0 Å². The highest BCUT2D eigenvalue weighted by Crippen LogP contribution is 2.28. The van der Waals surface area contributed by atoms with Crippen LogP contribution in [0.4, 0.5) is 0 Å². The van der Waals surface area contributed by atoms with Gasteiger partial charge in [0.2, 0.25) is 0 Å². The zero-order chi connectivity index (χ0) is 17.9. The molecular formula is C19H33NO4. The van der Waals surface area contributed by atoms with Crippen LogP contribution in [0.15, 0.2) is 18.2 Å². The quantitative estimate of drug-likeness (QED) is 0.634. The molecule has 0 bridgehead atoms. The van der Waals surface area contributed by atoms with Gasteiger partial charge in [-0.15, -0.1) is 0 Å². The predicted octanol–water partition coefficient (Wildman–Crippen LogP) is 2.95. The molecule has 0 heterocycles. The highest BCUT2D eigenvalue weighted by atomic mass is 16.5. The third kappa shape index (κ3) is 7.51. The molecule has 1 rings (SSSR count). The standard InChI is InChI=1S/C19H33NO4/c1-6-9-20(12-17(21)14-24-13-15(2)3)11-16-7-8-18(22-4)19(10-16)23-5/h7-8,10,15,17,21H,6,9,11-14H2,1-5H3/t17-/m0/s1. The summed E-state index contributed by atoms with van der Waals surface area (Å²) in [6.07, 6.45) is 0.558. The number of hydrogen-bond acceptors (Lipinski definition) is 5. The van der Waals surface area contributed by atoms with Crippen LogP contribution in [-0.4, -0.2) is 56.6 Å². The molecule has 0 amide bonds. The number of aliphatic hydroxyl groups excluding tert-OH is 1. The lowest BCUT2D eigenvalue weighted by molar-refractivity contribution is 0.00691. The Bertz CT molecular complexity index is 465. The molecule has 0 aliphatic heterocycles. The minimum atomic E-state index is -0.476. The van der Waals surface area contributed by atoms with Crippen LogP contribution in [0.2, 0.25) is 0 Å². The molecule has 1 N–H and O–H groups in total. The molecule has 1 atom stereocenters. The third-order valence-electron chi connectivity index (χ3n) is 3.62. The summed E-state index contributed by atoms with van der Waals surface area (Å²) in [5.74, 6) is 1.94. The van der Waals surface area contributed by atoms with E-state index in [9.17, 15) is 5.11 Å². The normalized spacial score (nSPS) is 12.7. The predicted molar refractivity (Wildman–Crippen MR) is 96.8 cm³/mol. The lowest BCUT2D eigenvalue weighted by Gasteiger charge is -2.25. The molecular weight excluding hydrogens is 306 g/mol. The molecule has 138 valence electrons. The Hall–Kier alpha value is -1.30. The molecule has 0 radical (unpaired) electrons. The van der Waals surface area contributed by atoms with Crippen molar-refractivity contribution in [1.82, 2.24) is 4.90 Å². The number of rotatable bonds is 12. The van der Waals surface area contributed by atoms with Crippen LogP contribution < -0.4 is 9.47 Å². The molecule has 24 heavy (non-hydrogen) atoms. The molecule has 0 aromatic heterocycles. The zero-order valence-corrected chi connectivity index (χ0v) is 15.7. The number of methoxy groups -OCH3 is 2. The second-order valence-corrected chi connectivity index (χ2v) is 6.51. The lowest BCUT2D eigenvalue weighted by atomic mass is 10.1. The van der Waals surface area contributed by atoms with E-state index in [-0.39, 0.29) is 0 Å². The monoisotopic (exact) mass is 339 g/mol. The van der Waals surface area contributed by atoms with Gasteiger partial charge >= 0.3 is 0 Å². The third-order valence-corrected chi connectivity index (χ3v) is 3.62. The summed E-state index contributed by atoms with van der Waals surface area (Å²) in [5, 5.41) is 10.2. The maximum atomic E-state index is 10.2. The number of aliphatic hydroxyl groups is 1. The number of nitrogens with zero attached hydrogens (tertiary/aromatic N) is 1. The maximum Gasteiger partial charge on any atom is 0.161 e. The summed E-state index contributed by atoms with van der Waals surface area (Å²) in [6.45, 7) is 9.69. The molecule has 1 aromatic rings. The first kappa shape index (κ1) is 20.7. The second-order valence-electron chi connectivity index (χ2n) is 6.51. The Morgan fingerprint density at radius 1 is 1.08 bits per heavy atom. The molecule has 5 heteroatoms. The van der Waals surface area contributed by atoms with E-state index in [1.807, 2.05) is 18.2 Å².